The lowest BCUT2D eigenvalue weighted by molar-refractivity contribution is 0.171. The van der Waals surface area contributed by atoms with Crippen LogP contribution in [0.15, 0.2) is 22.7 Å². The van der Waals surface area contributed by atoms with Crippen LogP contribution in [0, 0.1) is 0 Å². The van der Waals surface area contributed by atoms with E-state index in [1.165, 1.54) is 0 Å². The molecule has 0 radical (unpaired) electrons. The third-order valence-electron chi connectivity index (χ3n) is 2.95. The van der Waals surface area contributed by atoms with Crippen molar-refractivity contribution in [3.8, 4) is 22.8 Å². The lowest BCUT2D eigenvalue weighted by Gasteiger charge is -2.20. The zero-order valence-electron chi connectivity index (χ0n) is 10.1. The molecule has 2 aromatic rings. The highest BCUT2D eigenvalue weighted by Gasteiger charge is 2.17. The second kappa shape index (κ2) is 4.25. The molecular weight excluding hydrogens is 232 g/mol. The van der Waals surface area contributed by atoms with Gasteiger partial charge in [0.15, 0.2) is 11.5 Å². The Morgan fingerprint density at radius 1 is 1.17 bits per heavy atom. The van der Waals surface area contributed by atoms with Crippen molar-refractivity contribution in [1.29, 1.82) is 0 Å². The normalized spacial score (nSPS) is 13.6. The molecule has 18 heavy (non-hydrogen) atoms. The lowest BCUT2D eigenvalue weighted by atomic mass is 10.0. The highest BCUT2D eigenvalue weighted by molar-refractivity contribution is 5.69. The summed E-state index contributed by atoms with van der Waals surface area (Å²) in [5.74, 6) is 1.84. The van der Waals surface area contributed by atoms with Crippen molar-refractivity contribution in [2.45, 2.75) is 13.3 Å². The van der Waals surface area contributed by atoms with Crippen LogP contribution in [0.4, 0.5) is 5.88 Å². The molecule has 0 saturated carbocycles. The number of hydrogen-bond donors (Lipinski definition) is 1. The summed E-state index contributed by atoms with van der Waals surface area (Å²) >= 11 is 0. The van der Waals surface area contributed by atoms with E-state index in [1.807, 2.05) is 12.1 Å². The van der Waals surface area contributed by atoms with Crippen LogP contribution >= 0.6 is 0 Å². The molecule has 5 nitrogen and oxygen atoms in total. The van der Waals surface area contributed by atoms with Crippen LogP contribution in [-0.4, -0.2) is 18.4 Å². The monoisotopic (exact) mass is 246 g/mol. The number of nitrogen functional groups attached to an aromatic ring is 1. The van der Waals surface area contributed by atoms with E-state index < -0.39 is 0 Å². The summed E-state index contributed by atoms with van der Waals surface area (Å²) in [4.78, 5) is 0. The van der Waals surface area contributed by atoms with Crippen LogP contribution in [0.25, 0.3) is 11.3 Å². The minimum Gasteiger partial charge on any atom is -0.486 e. The first-order chi connectivity index (χ1) is 8.78. The van der Waals surface area contributed by atoms with E-state index in [1.54, 1.807) is 6.07 Å². The zero-order valence-corrected chi connectivity index (χ0v) is 10.1. The molecule has 0 spiro atoms. The van der Waals surface area contributed by atoms with Gasteiger partial charge < -0.3 is 19.7 Å². The molecule has 0 fully saturated rings. The Bertz CT molecular complexity index is 578. The molecule has 0 atom stereocenters. The van der Waals surface area contributed by atoms with Gasteiger partial charge in [-0.05, 0) is 24.1 Å². The van der Waals surface area contributed by atoms with Crippen molar-refractivity contribution < 1.29 is 14.0 Å². The predicted molar refractivity (Wildman–Crippen MR) is 66.7 cm³/mol. The SMILES string of the molecule is CCc1cc2c(cc1-c1cc(N)on1)OCCO2. The summed E-state index contributed by atoms with van der Waals surface area (Å²) in [7, 11) is 0. The van der Waals surface area contributed by atoms with Gasteiger partial charge in [0, 0.05) is 11.6 Å². The average Bonchev–Trinajstić information content (AvgIpc) is 2.83. The van der Waals surface area contributed by atoms with Crippen LogP contribution in [0.2, 0.25) is 0 Å². The van der Waals surface area contributed by atoms with E-state index in [0.717, 1.165) is 34.7 Å². The summed E-state index contributed by atoms with van der Waals surface area (Å²) in [6.07, 6.45) is 0.874. The van der Waals surface area contributed by atoms with E-state index in [0.29, 0.717) is 19.1 Å². The van der Waals surface area contributed by atoms with Gasteiger partial charge in [0.25, 0.3) is 0 Å². The minimum atomic E-state index is 0.307. The molecule has 94 valence electrons. The second-order valence-corrected chi connectivity index (χ2v) is 4.12. The quantitative estimate of drug-likeness (QED) is 0.880. The van der Waals surface area contributed by atoms with E-state index in [-0.39, 0.29) is 0 Å². The lowest BCUT2D eigenvalue weighted by Crippen LogP contribution is -2.15. The van der Waals surface area contributed by atoms with Gasteiger partial charge in [0.2, 0.25) is 5.88 Å². The molecule has 2 N–H and O–H groups in total. The summed E-state index contributed by atoms with van der Waals surface area (Å²) in [5, 5.41) is 3.95. The number of fused-ring (bicyclic) bond motifs is 1. The largest absolute Gasteiger partial charge is 0.486 e. The molecule has 1 aliphatic heterocycles. The van der Waals surface area contributed by atoms with Crippen molar-refractivity contribution in [2.24, 2.45) is 0 Å². The number of benzene rings is 1. The van der Waals surface area contributed by atoms with Gasteiger partial charge in [0.05, 0.1) is 0 Å². The van der Waals surface area contributed by atoms with Gasteiger partial charge in [-0.3, -0.25) is 0 Å². The fourth-order valence-electron chi connectivity index (χ4n) is 2.08. The number of ether oxygens (including phenoxy) is 2. The molecule has 0 aliphatic carbocycles. The van der Waals surface area contributed by atoms with Crippen molar-refractivity contribution >= 4 is 5.88 Å². The number of hydrogen-bond acceptors (Lipinski definition) is 5. The molecule has 3 rings (SSSR count). The molecule has 2 heterocycles. The maximum absolute atomic E-state index is 5.58. The zero-order chi connectivity index (χ0) is 12.5. The van der Waals surface area contributed by atoms with Crippen molar-refractivity contribution in [3.63, 3.8) is 0 Å². The standard InChI is InChI=1S/C13H14N2O3/c1-2-8-5-11-12(17-4-3-16-11)6-9(8)10-7-13(14)18-15-10/h5-7H,2-4,14H2,1H3. The molecule has 0 amide bonds. The number of rotatable bonds is 2. The highest BCUT2D eigenvalue weighted by Crippen LogP contribution is 2.37. The van der Waals surface area contributed by atoms with Gasteiger partial charge in [-0.15, -0.1) is 0 Å². The van der Waals surface area contributed by atoms with Crippen LogP contribution in [0.3, 0.4) is 0 Å². The Hall–Kier alpha value is -2.17. The van der Waals surface area contributed by atoms with Crippen LogP contribution in [0.5, 0.6) is 11.5 Å². The van der Waals surface area contributed by atoms with E-state index in [2.05, 4.69) is 12.1 Å². The molecule has 5 heteroatoms. The van der Waals surface area contributed by atoms with E-state index >= 15 is 0 Å². The Kier molecular flexibility index (Phi) is 2.59. The van der Waals surface area contributed by atoms with Crippen LogP contribution < -0.4 is 15.2 Å². The third kappa shape index (κ3) is 1.77. The predicted octanol–water partition coefficient (Wildman–Crippen LogP) is 2.26. The first kappa shape index (κ1) is 11.0. The Morgan fingerprint density at radius 2 is 1.89 bits per heavy atom. The molecule has 1 aromatic carbocycles. The minimum absolute atomic E-state index is 0.307. The number of nitrogens with two attached hydrogens (primary N) is 1. The van der Waals surface area contributed by atoms with Gasteiger partial charge in [0.1, 0.15) is 18.9 Å². The summed E-state index contributed by atoms with van der Waals surface area (Å²) in [5.41, 5.74) is 8.39. The van der Waals surface area contributed by atoms with Crippen molar-refractivity contribution in [2.75, 3.05) is 18.9 Å². The maximum atomic E-state index is 5.58. The molecule has 0 bridgehead atoms. The van der Waals surface area contributed by atoms with E-state index in [9.17, 15) is 0 Å². The molecule has 1 aliphatic rings. The Balaban J connectivity index is 2.12. The average molecular weight is 246 g/mol. The second-order valence-electron chi connectivity index (χ2n) is 4.12. The molecular formula is C13H14N2O3. The number of aryl methyl sites for hydroxylation is 1. The fraction of sp³-hybridized carbons (Fsp3) is 0.308. The molecule has 0 saturated heterocycles. The number of aromatic nitrogens is 1. The van der Waals surface area contributed by atoms with Crippen LogP contribution in [0.1, 0.15) is 12.5 Å². The van der Waals surface area contributed by atoms with Gasteiger partial charge >= 0.3 is 0 Å². The summed E-state index contributed by atoms with van der Waals surface area (Å²) in [6.45, 7) is 3.24. The van der Waals surface area contributed by atoms with Gasteiger partial charge in [-0.25, -0.2) is 0 Å². The summed E-state index contributed by atoms with van der Waals surface area (Å²) < 4.78 is 16.1. The van der Waals surface area contributed by atoms with Gasteiger partial charge in [-0.1, -0.05) is 12.1 Å². The third-order valence-corrected chi connectivity index (χ3v) is 2.95. The fourth-order valence-corrected chi connectivity index (χ4v) is 2.08. The summed E-state index contributed by atoms with van der Waals surface area (Å²) in [6, 6.07) is 5.64. The topological polar surface area (TPSA) is 70.5 Å². The van der Waals surface area contributed by atoms with Crippen molar-refractivity contribution in [3.05, 3.63) is 23.8 Å². The highest BCUT2D eigenvalue weighted by atomic mass is 16.6. The maximum Gasteiger partial charge on any atom is 0.222 e. The first-order valence-electron chi connectivity index (χ1n) is 5.93. The number of nitrogens with zero attached hydrogens (tertiary/aromatic N) is 1. The molecule has 0 unspecified atom stereocenters. The van der Waals surface area contributed by atoms with Crippen LogP contribution in [-0.2, 0) is 6.42 Å². The first-order valence-corrected chi connectivity index (χ1v) is 5.93. The number of anilines is 1. The van der Waals surface area contributed by atoms with E-state index in [4.69, 9.17) is 19.7 Å². The van der Waals surface area contributed by atoms with Gasteiger partial charge in [-0.2, -0.15) is 0 Å². The van der Waals surface area contributed by atoms with Crippen molar-refractivity contribution in [1.82, 2.24) is 5.16 Å². The Labute approximate surface area is 104 Å². The smallest absolute Gasteiger partial charge is 0.222 e. The molecule has 1 aromatic heterocycles. The Morgan fingerprint density at radius 3 is 2.50 bits per heavy atom.